The van der Waals surface area contributed by atoms with Crippen molar-refractivity contribution in [2.45, 2.75) is 111 Å². The van der Waals surface area contributed by atoms with Gasteiger partial charge in [-0.15, -0.1) is 0 Å². The number of rotatable bonds is 11. The third kappa shape index (κ3) is 8.47. The molecule has 2 rings (SSSR count). The minimum Gasteiger partial charge on any atom is -0.444 e. The number of nitrogens with zero attached hydrogens (tertiary/aromatic N) is 1. The number of hydrogen-bond donors (Lipinski definition) is 3. The number of alkyl carbamates (subject to hydrolysis) is 1. The van der Waals surface area contributed by atoms with E-state index in [1.165, 1.54) is 0 Å². The average molecular weight is 517 g/mol. The fourth-order valence-corrected chi connectivity index (χ4v) is 4.52. The van der Waals surface area contributed by atoms with Crippen LogP contribution in [-0.4, -0.2) is 52.4 Å². The zero-order valence-corrected chi connectivity index (χ0v) is 23.5. The zero-order valence-electron chi connectivity index (χ0n) is 23.5. The van der Waals surface area contributed by atoms with Gasteiger partial charge in [-0.25, -0.2) is 4.79 Å². The molecule has 1 fully saturated rings. The van der Waals surface area contributed by atoms with Gasteiger partial charge in [0.05, 0.1) is 6.42 Å². The molecule has 4 N–H and O–H groups in total. The first-order valence-electron chi connectivity index (χ1n) is 13.1. The first kappa shape index (κ1) is 30.1. The topological polar surface area (TPSA) is 131 Å². The van der Waals surface area contributed by atoms with Crippen LogP contribution in [0.5, 0.6) is 0 Å². The lowest BCUT2D eigenvalue weighted by Gasteiger charge is -2.36. The van der Waals surface area contributed by atoms with Crippen LogP contribution in [0.4, 0.5) is 4.79 Å². The Morgan fingerprint density at radius 3 is 2.30 bits per heavy atom. The van der Waals surface area contributed by atoms with Gasteiger partial charge in [0.25, 0.3) is 0 Å². The molecule has 5 unspecified atom stereocenters. The van der Waals surface area contributed by atoms with Crippen LogP contribution in [0.15, 0.2) is 18.2 Å². The summed E-state index contributed by atoms with van der Waals surface area (Å²) >= 11 is 0. The molecule has 1 saturated carbocycles. The Hall–Kier alpha value is -3.10. The molecule has 9 heteroatoms. The molecule has 9 nitrogen and oxygen atoms in total. The summed E-state index contributed by atoms with van der Waals surface area (Å²) in [5.74, 6) is -1.42. The van der Waals surface area contributed by atoms with Crippen molar-refractivity contribution in [3.05, 3.63) is 34.9 Å². The number of ether oxygens (including phenoxy) is 1. The maximum atomic E-state index is 14.1. The molecule has 0 bridgehead atoms. The molecule has 0 aromatic heterocycles. The molecule has 1 aromatic rings. The maximum Gasteiger partial charge on any atom is 0.408 e. The maximum absolute atomic E-state index is 14.1. The Balaban J connectivity index is 2.55. The van der Waals surface area contributed by atoms with Crippen LogP contribution in [-0.2, 0) is 19.1 Å². The minimum absolute atomic E-state index is 0.0833. The van der Waals surface area contributed by atoms with Gasteiger partial charge in [-0.05, 0) is 77.0 Å². The standard InChI is InChI=1S/C28H44N4O5/c1-9-11-18(4)30-25(34)24(20-13-10-12-16(2)19(20)5)32(22-14-17(22)3)26(35)21(15-23(29)33)31-27(36)37-28(6,7)8/h10,12-13,17-18,21-22,24H,9,11,14-15H2,1-8H3,(H2,29,33)(H,30,34)(H,31,36). The van der Waals surface area contributed by atoms with E-state index >= 15 is 0 Å². The molecule has 0 aliphatic heterocycles. The summed E-state index contributed by atoms with van der Waals surface area (Å²) in [4.78, 5) is 54.0. The first-order valence-corrected chi connectivity index (χ1v) is 13.1. The molecule has 4 amide bonds. The van der Waals surface area contributed by atoms with Gasteiger partial charge in [0.2, 0.25) is 17.7 Å². The van der Waals surface area contributed by atoms with Crippen LogP contribution in [0.1, 0.15) is 90.0 Å². The van der Waals surface area contributed by atoms with E-state index in [0.717, 1.165) is 24.0 Å². The Morgan fingerprint density at radius 2 is 1.78 bits per heavy atom. The number of carbonyl (C=O) groups is 4. The number of benzene rings is 1. The van der Waals surface area contributed by atoms with Crippen LogP contribution in [0.2, 0.25) is 0 Å². The van der Waals surface area contributed by atoms with Crippen molar-refractivity contribution < 1.29 is 23.9 Å². The van der Waals surface area contributed by atoms with Crippen molar-refractivity contribution in [1.82, 2.24) is 15.5 Å². The van der Waals surface area contributed by atoms with Crippen molar-refractivity contribution in [1.29, 1.82) is 0 Å². The van der Waals surface area contributed by atoms with Crippen LogP contribution >= 0.6 is 0 Å². The van der Waals surface area contributed by atoms with Crippen LogP contribution in [0.3, 0.4) is 0 Å². The summed E-state index contributed by atoms with van der Waals surface area (Å²) in [5.41, 5.74) is 7.27. The summed E-state index contributed by atoms with van der Waals surface area (Å²) in [6, 6.07) is 3.17. The Morgan fingerprint density at radius 1 is 1.16 bits per heavy atom. The number of carbonyl (C=O) groups excluding carboxylic acids is 4. The zero-order chi connectivity index (χ0) is 28.1. The molecule has 1 aliphatic carbocycles. The van der Waals surface area contributed by atoms with Crippen molar-refractivity contribution in [2.75, 3.05) is 0 Å². The van der Waals surface area contributed by atoms with Gasteiger partial charge >= 0.3 is 6.09 Å². The Bertz CT molecular complexity index is 1000. The second-order valence-corrected chi connectivity index (χ2v) is 11.3. The summed E-state index contributed by atoms with van der Waals surface area (Å²) in [5, 5.41) is 5.60. The Labute approximate surface area is 220 Å². The van der Waals surface area contributed by atoms with Crippen LogP contribution in [0, 0.1) is 19.8 Å². The predicted octanol–water partition coefficient (Wildman–Crippen LogP) is 3.66. The third-order valence-corrected chi connectivity index (χ3v) is 6.65. The molecule has 1 aromatic carbocycles. The van der Waals surface area contributed by atoms with E-state index in [1.807, 2.05) is 52.8 Å². The van der Waals surface area contributed by atoms with E-state index in [2.05, 4.69) is 10.6 Å². The highest BCUT2D eigenvalue weighted by atomic mass is 16.6. The van der Waals surface area contributed by atoms with Crippen molar-refractivity contribution in [3.63, 3.8) is 0 Å². The molecule has 1 aliphatic rings. The van der Waals surface area contributed by atoms with E-state index in [9.17, 15) is 19.2 Å². The minimum atomic E-state index is -1.27. The Kier molecular flexibility index (Phi) is 10.1. The summed E-state index contributed by atoms with van der Waals surface area (Å²) in [6.45, 7) is 15.0. The van der Waals surface area contributed by atoms with E-state index < -0.39 is 42.0 Å². The van der Waals surface area contributed by atoms with Gasteiger partial charge in [-0.1, -0.05) is 38.5 Å². The number of hydrogen-bond acceptors (Lipinski definition) is 5. The SMILES string of the molecule is CCCC(C)NC(=O)C(c1cccc(C)c1C)N(C(=O)C(CC(N)=O)NC(=O)OC(C)(C)C)C1CC1C. The normalized spacial score (nSPS) is 19.2. The summed E-state index contributed by atoms with van der Waals surface area (Å²) < 4.78 is 5.33. The molecular formula is C28H44N4O5. The third-order valence-electron chi connectivity index (χ3n) is 6.65. The van der Waals surface area contributed by atoms with Gasteiger partial charge in [0, 0.05) is 12.1 Å². The van der Waals surface area contributed by atoms with Crippen molar-refractivity contribution in [3.8, 4) is 0 Å². The van der Waals surface area contributed by atoms with E-state index in [0.29, 0.717) is 12.0 Å². The molecule has 5 atom stereocenters. The van der Waals surface area contributed by atoms with E-state index in [4.69, 9.17) is 10.5 Å². The molecule has 0 saturated heterocycles. The van der Waals surface area contributed by atoms with Crippen molar-refractivity contribution in [2.24, 2.45) is 11.7 Å². The predicted molar refractivity (Wildman–Crippen MR) is 143 cm³/mol. The molecule has 0 radical (unpaired) electrons. The van der Waals surface area contributed by atoms with Crippen molar-refractivity contribution >= 4 is 23.8 Å². The summed E-state index contributed by atoms with van der Waals surface area (Å²) in [7, 11) is 0. The summed E-state index contributed by atoms with van der Waals surface area (Å²) in [6.07, 6.45) is 1.16. The fourth-order valence-electron chi connectivity index (χ4n) is 4.52. The van der Waals surface area contributed by atoms with Gasteiger partial charge < -0.3 is 26.0 Å². The number of nitrogens with one attached hydrogen (secondary N) is 2. The highest BCUT2D eigenvalue weighted by Crippen LogP contribution is 2.41. The molecule has 206 valence electrons. The monoisotopic (exact) mass is 516 g/mol. The second-order valence-electron chi connectivity index (χ2n) is 11.3. The van der Waals surface area contributed by atoms with Gasteiger partial charge in [0.1, 0.15) is 17.7 Å². The number of nitrogens with two attached hydrogens (primary N) is 1. The van der Waals surface area contributed by atoms with Gasteiger partial charge in [-0.3, -0.25) is 14.4 Å². The lowest BCUT2D eigenvalue weighted by atomic mass is 9.94. The molecule has 37 heavy (non-hydrogen) atoms. The van der Waals surface area contributed by atoms with Crippen LogP contribution < -0.4 is 16.4 Å². The van der Waals surface area contributed by atoms with Gasteiger partial charge in [-0.2, -0.15) is 0 Å². The number of amides is 4. The molecule has 0 heterocycles. The second kappa shape index (κ2) is 12.4. The van der Waals surface area contributed by atoms with Crippen LogP contribution in [0.25, 0.3) is 0 Å². The number of aryl methyl sites for hydroxylation is 1. The fraction of sp³-hybridized carbons (Fsp3) is 0.643. The quantitative estimate of drug-likeness (QED) is 0.413. The average Bonchev–Trinajstić information content (AvgIpc) is 3.47. The van der Waals surface area contributed by atoms with E-state index in [-0.39, 0.29) is 23.9 Å². The highest BCUT2D eigenvalue weighted by molar-refractivity contribution is 5.95. The molecule has 0 spiro atoms. The van der Waals surface area contributed by atoms with Gasteiger partial charge in [0.15, 0.2) is 0 Å². The number of primary amides is 1. The smallest absolute Gasteiger partial charge is 0.408 e. The molecular weight excluding hydrogens is 472 g/mol. The van der Waals surface area contributed by atoms with E-state index in [1.54, 1.807) is 25.7 Å². The first-order chi connectivity index (χ1) is 17.2. The lowest BCUT2D eigenvalue weighted by Crippen LogP contribution is -2.55. The highest BCUT2D eigenvalue weighted by Gasteiger charge is 2.48. The largest absolute Gasteiger partial charge is 0.444 e. The lowest BCUT2D eigenvalue weighted by molar-refractivity contribution is -0.144.